The van der Waals surface area contributed by atoms with Gasteiger partial charge in [-0.1, -0.05) is 6.92 Å². The Balaban J connectivity index is 1.53. The highest BCUT2D eigenvalue weighted by molar-refractivity contribution is 5.82. The number of likely N-dealkylation sites (tertiary alicyclic amines) is 1. The Labute approximate surface area is 124 Å². The molecule has 0 unspecified atom stereocenters. The Morgan fingerprint density at radius 3 is 3.10 bits per heavy atom. The highest BCUT2D eigenvalue weighted by atomic mass is 16.2. The molecule has 1 aliphatic carbocycles. The number of nitrogens with one attached hydrogen (secondary N) is 1. The number of hydrogen-bond acceptors (Lipinski definition) is 2. The van der Waals surface area contributed by atoms with Gasteiger partial charge in [0.25, 0.3) is 0 Å². The summed E-state index contributed by atoms with van der Waals surface area (Å²) in [6.45, 7) is 3.96. The maximum Gasteiger partial charge on any atom is 0.225 e. The summed E-state index contributed by atoms with van der Waals surface area (Å²) in [5.41, 5.74) is 2.18. The van der Waals surface area contributed by atoms with Gasteiger partial charge in [0, 0.05) is 42.2 Å². The van der Waals surface area contributed by atoms with E-state index in [0.717, 1.165) is 43.4 Å². The third-order valence-electron chi connectivity index (χ3n) is 5.01. The first-order chi connectivity index (χ1) is 10.2. The molecule has 110 valence electrons. The molecule has 2 aromatic heterocycles. The van der Waals surface area contributed by atoms with Crippen LogP contribution in [0.3, 0.4) is 0 Å². The molecule has 4 rings (SSSR count). The highest BCUT2D eigenvalue weighted by Gasteiger charge is 2.42. The van der Waals surface area contributed by atoms with Crippen molar-refractivity contribution >= 4 is 16.9 Å². The van der Waals surface area contributed by atoms with Crippen molar-refractivity contribution in [2.75, 3.05) is 13.1 Å². The molecule has 4 nitrogen and oxygen atoms in total. The SMILES string of the molecule is C[C@@H]1C[C@@H]1C(=O)N1CCC[C@H](c2cc3cccnc3[nH]2)C1. The van der Waals surface area contributed by atoms with Crippen LogP contribution in [-0.4, -0.2) is 33.9 Å². The summed E-state index contributed by atoms with van der Waals surface area (Å²) < 4.78 is 0. The molecule has 21 heavy (non-hydrogen) atoms. The van der Waals surface area contributed by atoms with Crippen molar-refractivity contribution in [3.63, 3.8) is 0 Å². The number of amides is 1. The van der Waals surface area contributed by atoms with Gasteiger partial charge in [-0.05, 0) is 43.4 Å². The lowest BCUT2D eigenvalue weighted by atomic mass is 9.94. The third-order valence-corrected chi connectivity index (χ3v) is 5.01. The molecule has 1 saturated carbocycles. The van der Waals surface area contributed by atoms with E-state index in [-0.39, 0.29) is 0 Å². The van der Waals surface area contributed by atoms with Crippen molar-refractivity contribution in [3.8, 4) is 0 Å². The standard InChI is InChI=1S/C17H21N3O/c1-11-8-14(11)17(21)20-7-3-5-13(10-20)15-9-12-4-2-6-18-16(12)19-15/h2,4,6,9,11,13-14H,3,5,7-8,10H2,1H3,(H,18,19)/t11-,13+,14+/m1/s1. The van der Waals surface area contributed by atoms with Gasteiger partial charge in [0.2, 0.25) is 5.91 Å². The monoisotopic (exact) mass is 283 g/mol. The third kappa shape index (κ3) is 2.33. The number of carbonyl (C=O) groups is 1. The second-order valence-electron chi connectivity index (χ2n) is 6.61. The van der Waals surface area contributed by atoms with Crippen LogP contribution < -0.4 is 0 Å². The number of aromatic nitrogens is 2. The normalized spacial score (nSPS) is 28.8. The first-order valence-electron chi connectivity index (χ1n) is 7.95. The van der Waals surface area contributed by atoms with Gasteiger partial charge < -0.3 is 9.88 Å². The van der Waals surface area contributed by atoms with Crippen LogP contribution in [-0.2, 0) is 4.79 Å². The largest absolute Gasteiger partial charge is 0.343 e. The van der Waals surface area contributed by atoms with Crippen molar-refractivity contribution in [1.29, 1.82) is 0 Å². The van der Waals surface area contributed by atoms with E-state index >= 15 is 0 Å². The molecule has 4 heteroatoms. The van der Waals surface area contributed by atoms with Crippen LogP contribution in [0.5, 0.6) is 0 Å². The van der Waals surface area contributed by atoms with Crippen LogP contribution in [0.2, 0.25) is 0 Å². The summed E-state index contributed by atoms with van der Waals surface area (Å²) in [7, 11) is 0. The first-order valence-corrected chi connectivity index (χ1v) is 7.95. The molecule has 3 atom stereocenters. The number of rotatable bonds is 2. The Morgan fingerprint density at radius 2 is 2.33 bits per heavy atom. The van der Waals surface area contributed by atoms with Crippen molar-refractivity contribution in [2.45, 2.75) is 32.1 Å². The summed E-state index contributed by atoms with van der Waals surface area (Å²) in [4.78, 5) is 22.3. The number of H-pyrrole nitrogens is 1. The second-order valence-corrected chi connectivity index (χ2v) is 6.61. The fraction of sp³-hybridized carbons (Fsp3) is 0.529. The fourth-order valence-corrected chi connectivity index (χ4v) is 3.53. The fourth-order valence-electron chi connectivity index (χ4n) is 3.53. The van der Waals surface area contributed by atoms with Crippen LogP contribution in [0.4, 0.5) is 0 Å². The quantitative estimate of drug-likeness (QED) is 0.921. The number of piperidine rings is 1. The summed E-state index contributed by atoms with van der Waals surface area (Å²) in [5.74, 6) is 1.69. The van der Waals surface area contributed by atoms with Gasteiger partial charge in [0.05, 0.1) is 0 Å². The molecule has 2 aromatic rings. The van der Waals surface area contributed by atoms with Crippen LogP contribution in [0.1, 0.15) is 37.8 Å². The maximum absolute atomic E-state index is 12.4. The molecule has 1 amide bonds. The van der Waals surface area contributed by atoms with Crippen molar-refractivity contribution in [2.24, 2.45) is 11.8 Å². The van der Waals surface area contributed by atoms with Crippen LogP contribution in [0.25, 0.3) is 11.0 Å². The smallest absolute Gasteiger partial charge is 0.225 e. The molecule has 1 saturated heterocycles. The summed E-state index contributed by atoms with van der Waals surface area (Å²) in [5, 5.41) is 1.16. The van der Waals surface area contributed by atoms with Crippen molar-refractivity contribution < 1.29 is 4.79 Å². The number of fused-ring (bicyclic) bond motifs is 1. The van der Waals surface area contributed by atoms with Gasteiger partial charge in [0.1, 0.15) is 5.65 Å². The Bertz CT molecular complexity index is 644. The lowest BCUT2D eigenvalue weighted by Gasteiger charge is -2.32. The molecule has 0 bridgehead atoms. The van der Waals surface area contributed by atoms with Gasteiger partial charge in [-0.2, -0.15) is 0 Å². The summed E-state index contributed by atoms with van der Waals surface area (Å²) in [6, 6.07) is 6.24. The van der Waals surface area contributed by atoms with Gasteiger partial charge in [-0.25, -0.2) is 4.98 Å². The molecule has 0 spiro atoms. The highest BCUT2D eigenvalue weighted by Crippen LogP contribution is 2.40. The molecule has 0 radical (unpaired) electrons. The van der Waals surface area contributed by atoms with E-state index in [1.165, 1.54) is 5.69 Å². The summed E-state index contributed by atoms with van der Waals surface area (Å²) in [6.07, 6.45) is 5.14. The molecular weight excluding hydrogens is 262 g/mol. The topological polar surface area (TPSA) is 49.0 Å². The minimum atomic E-state index is 0.299. The van der Waals surface area contributed by atoms with E-state index in [4.69, 9.17) is 0 Å². The predicted octanol–water partition coefficient (Wildman–Crippen LogP) is 2.92. The lowest BCUT2D eigenvalue weighted by molar-refractivity contribution is -0.134. The number of nitrogens with zero attached hydrogens (tertiary/aromatic N) is 2. The summed E-state index contributed by atoms with van der Waals surface area (Å²) >= 11 is 0. The van der Waals surface area contributed by atoms with E-state index in [9.17, 15) is 4.79 Å². The number of carbonyl (C=O) groups excluding carboxylic acids is 1. The average Bonchev–Trinajstić information content (AvgIpc) is 3.09. The Kier molecular flexibility index (Phi) is 2.98. The Hall–Kier alpha value is -1.84. The number of pyridine rings is 1. The molecule has 2 fully saturated rings. The molecule has 2 aliphatic rings. The first kappa shape index (κ1) is 12.9. The molecular formula is C17H21N3O. The zero-order chi connectivity index (χ0) is 14.4. The van der Waals surface area contributed by atoms with E-state index in [0.29, 0.717) is 23.7 Å². The van der Waals surface area contributed by atoms with E-state index in [1.807, 2.05) is 12.3 Å². The van der Waals surface area contributed by atoms with Crippen molar-refractivity contribution in [1.82, 2.24) is 14.9 Å². The zero-order valence-corrected chi connectivity index (χ0v) is 12.4. The Morgan fingerprint density at radius 1 is 1.48 bits per heavy atom. The van der Waals surface area contributed by atoms with Crippen LogP contribution >= 0.6 is 0 Å². The molecule has 0 aromatic carbocycles. The van der Waals surface area contributed by atoms with Crippen molar-refractivity contribution in [3.05, 3.63) is 30.1 Å². The van der Waals surface area contributed by atoms with Gasteiger partial charge in [-0.3, -0.25) is 4.79 Å². The minimum Gasteiger partial charge on any atom is -0.343 e. The number of hydrogen-bond donors (Lipinski definition) is 1. The van der Waals surface area contributed by atoms with E-state index in [2.05, 4.69) is 33.9 Å². The average molecular weight is 283 g/mol. The zero-order valence-electron chi connectivity index (χ0n) is 12.4. The van der Waals surface area contributed by atoms with E-state index in [1.54, 1.807) is 0 Å². The number of aromatic amines is 1. The van der Waals surface area contributed by atoms with Gasteiger partial charge >= 0.3 is 0 Å². The lowest BCUT2D eigenvalue weighted by Crippen LogP contribution is -2.40. The second kappa shape index (κ2) is 4.86. The van der Waals surface area contributed by atoms with Gasteiger partial charge in [-0.15, -0.1) is 0 Å². The van der Waals surface area contributed by atoms with Crippen LogP contribution in [0.15, 0.2) is 24.4 Å². The van der Waals surface area contributed by atoms with Gasteiger partial charge in [0.15, 0.2) is 0 Å². The molecule has 1 N–H and O–H groups in total. The minimum absolute atomic E-state index is 0.299. The predicted molar refractivity (Wildman–Crippen MR) is 81.9 cm³/mol. The van der Waals surface area contributed by atoms with Crippen LogP contribution in [0, 0.1) is 11.8 Å². The maximum atomic E-state index is 12.4. The van der Waals surface area contributed by atoms with E-state index < -0.39 is 0 Å². The molecule has 3 heterocycles. The molecule has 1 aliphatic heterocycles.